The van der Waals surface area contributed by atoms with Gasteiger partial charge in [0, 0.05) is 65.3 Å². The van der Waals surface area contributed by atoms with Crippen LogP contribution in [-0.2, 0) is 37.0 Å². The first-order chi connectivity index (χ1) is 27.6. The molecule has 4 aromatic rings. The quantitative estimate of drug-likeness (QED) is 0.0532. The second kappa shape index (κ2) is 23.6. The standard InChI is InChI=1S/C44H66N8O5/c1-7-9-17-39(49(5)43(55)19-13-11-15-27-51-33(3)47-35-31-45-25-21-37(35)51)41(53)23-29-57-30-24-42(54)40(18-10-8-2)50(6)44(56)20-14-12-16-28-52-34(4)48-36-32-46-26-22-38(36)52/h21-22,25-26,31-32,39-40H,7-20,23-24,27-30H2,1-6H3/t39-,40-/m0/s1. The van der Waals surface area contributed by atoms with Gasteiger partial charge in [0.1, 0.15) is 22.7 Å². The summed E-state index contributed by atoms with van der Waals surface area (Å²) in [6.07, 6.45) is 18.3. The van der Waals surface area contributed by atoms with Gasteiger partial charge in [-0.3, -0.25) is 29.1 Å². The topological polar surface area (TPSA) is 145 Å². The molecule has 0 radical (unpaired) electrons. The third-order valence-corrected chi connectivity index (χ3v) is 11.1. The van der Waals surface area contributed by atoms with Gasteiger partial charge < -0.3 is 23.7 Å². The summed E-state index contributed by atoms with van der Waals surface area (Å²) in [5.74, 6) is 1.86. The van der Waals surface area contributed by atoms with Crippen LogP contribution in [-0.4, -0.2) is 102 Å². The van der Waals surface area contributed by atoms with Crippen LogP contribution in [0.25, 0.3) is 22.1 Å². The molecule has 4 aromatic heterocycles. The van der Waals surface area contributed by atoms with Gasteiger partial charge in [0.05, 0.1) is 48.7 Å². The maximum absolute atomic E-state index is 13.4. The first kappa shape index (κ1) is 45.2. The number of nitrogens with zero attached hydrogens (tertiary/aromatic N) is 8. The summed E-state index contributed by atoms with van der Waals surface area (Å²) in [6.45, 7) is 10.2. The molecule has 312 valence electrons. The van der Waals surface area contributed by atoms with Gasteiger partial charge in [-0.05, 0) is 64.5 Å². The second-order valence-corrected chi connectivity index (χ2v) is 15.3. The lowest BCUT2D eigenvalue weighted by molar-refractivity contribution is -0.139. The van der Waals surface area contributed by atoms with E-state index in [1.54, 1.807) is 48.7 Å². The van der Waals surface area contributed by atoms with E-state index < -0.39 is 12.1 Å². The number of aromatic nitrogens is 6. The minimum Gasteiger partial charge on any atom is -0.381 e. The Kier molecular flexibility index (Phi) is 18.7. The van der Waals surface area contributed by atoms with Crippen molar-refractivity contribution in [2.24, 2.45) is 0 Å². The lowest BCUT2D eigenvalue weighted by Crippen LogP contribution is -2.43. The zero-order valence-corrected chi connectivity index (χ0v) is 35.4. The molecular formula is C44H66N8O5. The number of ketones is 2. The van der Waals surface area contributed by atoms with Crippen LogP contribution in [0.5, 0.6) is 0 Å². The van der Waals surface area contributed by atoms with Crippen molar-refractivity contribution in [1.82, 2.24) is 38.9 Å². The first-order valence-corrected chi connectivity index (χ1v) is 21.2. The second-order valence-electron chi connectivity index (χ2n) is 15.3. The summed E-state index contributed by atoms with van der Waals surface area (Å²) < 4.78 is 10.2. The summed E-state index contributed by atoms with van der Waals surface area (Å²) in [6, 6.07) is 2.99. The number of pyridine rings is 2. The highest BCUT2D eigenvalue weighted by atomic mass is 16.5. The van der Waals surface area contributed by atoms with Gasteiger partial charge in [0.2, 0.25) is 11.8 Å². The van der Waals surface area contributed by atoms with Crippen LogP contribution in [0.1, 0.15) is 128 Å². The average molecular weight is 787 g/mol. The van der Waals surface area contributed by atoms with Crippen LogP contribution in [0.4, 0.5) is 0 Å². The highest BCUT2D eigenvalue weighted by Crippen LogP contribution is 2.19. The number of ether oxygens (including phenoxy) is 1. The number of fused-ring (bicyclic) bond motifs is 2. The van der Waals surface area contributed by atoms with Crippen molar-refractivity contribution >= 4 is 45.4 Å². The lowest BCUT2D eigenvalue weighted by Gasteiger charge is -2.28. The number of rotatable bonds is 28. The van der Waals surface area contributed by atoms with Crippen LogP contribution in [0, 0.1) is 13.8 Å². The Balaban J connectivity index is 1.14. The summed E-state index contributed by atoms with van der Waals surface area (Å²) in [7, 11) is 3.48. The van der Waals surface area contributed by atoms with Gasteiger partial charge in [-0.1, -0.05) is 52.4 Å². The summed E-state index contributed by atoms with van der Waals surface area (Å²) in [4.78, 5) is 73.9. The fourth-order valence-corrected chi connectivity index (χ4v) is 7.63. The van der Waals surface area contributed by atoms with Crippen LogP contribution in [0.2, 0.25) is 0 Å². The summed E-state index contributed by atoms with van der Waals surface area (Å²) in [5.41, 5.74) is 3.93. The first-order valence-electron chi connectivity index (χ1n) is 21.2. The molecule has 0 unspecified atom stereocenters. The molecule has 0 aliphatic carbocycles. The zero-order valence-electron chi connectivity index (χ0n) is 35.4. The van der Waals surface area contributed by atoms with Crippen molar-refractivity contribution in [3.63, 3.8) is 0 Å². The number of hydrogen-bond donors (Lipinski definition) is 0. The molecule has 0 saturated carbocycles. The van der Waals surface area contributed by atoms with E-state index >= 15 is 0 Å². The van der Waals surface area contributed by atoms with E-state index in [-0.39, 0.29) is 49.4 Å². The van der Waals surface area contributed by atoms with E-state index in [9.17, 15) is 19.2 Å². The number of likely N-dealkylation sites (N-methyl/N-ethyl adjacent to an activating group) is 2. The van der Waals surface area contributed by atoms with E-state index in [1.807, 2.05) is 26.0 Å². The molecule has 57 heavy (non-hydrogen) atoms. The molecule has 0 fully saturated rings. The van der Waals surface area contributed by atoms with E-state index in [0.29, 0.717) is 25.7 Å². The Morgan fingerprint density at radius 3 is 1.44 bits per heavy atom. The van der Waals surface area contributed by atoms with Crippen molar-refractivity contribution in [2.45, 2.75) is 156 Å². The van der Waals surface area contributed by atoms with Crippen molar-refractivity contribution in [3.8, 4) is 0 Å². The Hall–Kier alpha value is -4.52. The molecule has 0 spiro atoms. The van der Waals surface area contributed by atoms with E-state index in [0.717, 1.165) is 111 Å². The number of amides is 2. The van der Waals surface area contributed by atoms with Gasteiger partial charge in [0.25, 0.3) is 0 Å². The van der Waals surface area contributed by atoms with Gasteiger partial charge >= 0.3 is 0 Å². The Labute approximate surface area is 339 Å². The minimum absolute atomic E-state index is 0.0143. The van der Waals surface area contributed by atoms with Crippen molar-refractivity contribution in [1.29, 1.82) is 0 Å². The maximum Gasteiger partial charge on any atom is 0.222 e. The molecule has 13 nitrogen and oxygen atoms in total. The molecule has 0 aliphatic heterocycles. The van der Waals surface area contributed by atoms with Crippen molar-refractivity contribution in [3.05, 3.63) is 48.6 Å². The van der Waals surface area contributed by atoms with Crippen LogP contribution >= 0.6 is 0 Å². The summed E-state index contributed by atoms with van der Waals surface area (Å²) >= 11 is 0. The minimum atomic E-state index is -0.484. The molecule has 0 aliphatic rings. The molecule has 0 N–H and O–H groups in total. The predicted molar refractivity (Wildman–Crippen MR) is 224 cm³/mol. The van der Waals surface area contributed by atoms with Gasteiger partial charge in [0.15, 0.2) is 11.6 Å². The highest BCUT2D eigenvalue weighted by Gasteiger charge is 2.27. The molecule has 0 bridgehead atoms. The monoisotopic (exact) mass is 787 g/mol. The molecule has 2 amide bonds. The molecule has 0 aromatic carbocycles. The van der Waals surface area contributed by atoms with Gasteiger partial charge in [-0.2, -0.15) is 0 Å². The number of aryl methyl sites for hydroxylation is 4. The van der Waals surface area contributed by atoms with Crippen LogP contribution in [0.3, 0.4) is 0 Å². The maximum atomic E-state index is 13.4. The van der Waals surface area contributed by atoms with Crippen molar-refractivity contribution < 1.29 is 23.9 Å². The Bertz CT molecular complexity index is 1750. The molecule has 0 saturated heterocycles. The van der Waals surface area contributed by atoms with Gasteiger partial charge in [-0.15, -0.1) is 0 Å². The lowest BCUT2D eigenvalue weighted by atomic mass is 10.0. The molecule has 13 heteroatoms. The Morgan fingerprint density at radius 1 is 0.614 bits per heavy atom. The molecule has 4 heterocycles. The van der Waals surface area contributed by atoms with Crippen LogP contribution < -0.4 is 0 Å². The Morgan fingerprint density at radius 2 is 1.04 bits per heavy atom. The fourth-order valence-electron chi connectivity index (χ4n) is 7.63. The number of carbonyl (C=O) groups excluding carboxylic acids is 4. The smallest absolute Gasteiger partial charge is 0.222 e. The molecular weight excluding hydrogens is 721 g/mol. The van der Waals surface area contributed by atoms with E-state index in [1.165, 1.54) is 0 Å². The number of Topliss-reactive ketones (excluding diaryl/α,β-unsaturated/α-hetero) is 2. The predicted octanol–water partition coefficient (Wildman–Crippen LogP) is 7.58. The summed E-state index contributed by atoms with van der Waals surface area (Å²) in [5, 5.41) is 0. The molecule has 4 rings (SSSR count). The number of hydrogen-bond acceptors (Lipinski definition) is 9. The fraction of sp³-hybridized carbons (Fsp3) is 0.636. The third kappa shape index (κ3) is 13.3. The van der Waals surface area contributed by atoms with Crippen molar-refractivity contribution in [2.75, 3.05) is 27.3 Å². The number of unbranched alkanes of at least 4 members (excludes halogenated alkanes) is 6. The largest absolute Gasteiger partial charge is 0.381 e. The third-order valence-electron chi connectivity index (χ3n) is 11.1. The normalized spacial score (nSPS) is 12.6. The average Bonchev–Trinajstić information content (AvgIpc) is 3.71. The number of imidazole rings is 2. The SMILES string of the molecule is CCCC[C@@H](C(=O)CCOCCC(=O)[C@H](CCCC)N(C)C(=O)CCCCCn1c(C)nc2cnccc21)N(C)C(=O)CCCCCn1c(C)nc2cnccc21. The number of carbonyl (C=O) groups is 4. The zero-order chi connectivity index (χ0) is 41.2. The van der Waals surface area contributed by atoms with E-state index in [2.05, 4.69) is 42.9 Å². The molecule has 2 atom stereocenters. The van der Waals surface area contributed by atoms with E-state index in [4.69, 9.17) is 4.74 Å². The van der Waals surface area contributed by atoms with Crippen LogP contribution in [0.15, 0.2) is 36.9 Å². The van der Waals surface area contributed by atoms with Gasteiger partial charge in [-0.25, -0.2) is 9.97 Å². The highest BCUT2D eigenvalue weighted by molar-refractivity contribution is 5.90.